The molecule has 3 heterocycles. The van der Waals surface area contributed by atoms with Crippen LogP contribution in [0.25, 0.3) is 28.1 Å². The zero-order chi connectivity index (χ0) is 28.6. The normalized spacial score (nSPS) is 15.8. The highest BCUT2D eigenvalue weighted by Gasteiger charge is 2.31. The molecule has 208 valence electrons. The molecular formula is C32H36N4O4. The minimum absolute atomic E-state index is 0.0472. The van der Waals surface area contributed by atoms with Crippen molar-refractivity contribution in [3.05, 3.63) is 77.1 Å². The number of hydrogen-bond donors (Lipinski definition) is 0. The van der Waals surface area contributed by atoms with E-state index in [0.717, 1.165) is 46.5 Å². The van der Waals surface area contributed by atoms with Crippen molar-refractivity contribution in [2.45, 2.75) is 59.0 Å². The molecular weight excluding hydrogens is 504 g/mol. The molecule has 2 aromatic heterocycles. The fraction of sp³-hybridized carbons (Fsp3) is 0.375. The molecule has 4 aromatic rings. The Bertz CT molecular complexity index is 1560. The molecule has 0 saturated carbocycles. The minimum atomic E-state index is -0.576. The molecule has 1 aliphatic heterocycles. The summed E-state index contributed by atoms with van der Waals surface area (Å²) in [5.41, 5.74) is 7.29. The summed E-state index contributed by atoms with van der Waals surface area (Å²) >= 11 is 0. The number of esters is 1. The van der Waals surface area contributed by atoms with Crippen molar-refractivity contribution >= 4 is 23.2 Å². The summed E-state index contributed by atoms with van der Waals surface area (Å²) in [5.74, 6) is -0.445. The number of methoxy groups -OCH3 is 1. The Morgan fingerprint density at radius 3 is 2.48 bits per heavy atom. The average molecular weight is 541 g/mol. The molecule has 40 heavy (non-hydrogen) atoms. The predicted molar refractivity (Wildman–Crippen MR) is 155 cm³/mol. The molecule has 1 saturated heterocycles. The topological polar surface area (TPSA) is 86.6 Å². The second-order valence-corrected chi connectivity index (χ2v) is 11.6. The first-order chi connectivity index (χ1) is 19.0. The van der Waals surface area contributed by atoms with Crippen LogP contribution in [-0.2, 0) is 9.47 Å². The maximum atomic E-state index is 12.8. The number of nitrogens with zero attached hydrogens (tertiary/aromatic N) is 4. The van der Waals surface area contributed by atoms with Crippen LogP contribution in [-0.4, -0.2) is 57.3 Å². The summed E-state index contributed by atoms with van der Waals surface area (Å²) in [6.07, 6.45) is 5.07. The molecule has 1 amide bonds. The zero-order valence-electron chi connectivity index (χ0n) is 24.0. The van der Waals surface area contributed by atoms with E-state index in [4.69, 9.17) is 14.5 Å². The first-order valence-electron chi connectivity index (χ1n) is 13.7. The molecule has 8 nitrogen and oxygen atoms in total. The third kappa shape index (κ3) is 5.71. The lowest BCUT2D eigenvalue weighted by Gasteiger charge is -2.35. The number of likely N-dealkylation sites (tertiary alicyclic amines) is 1. The molecule has 1 unspecified atom stereocenters. The monoisotopic (exact) mass is 540 g/mol. The van der Waals surface area contributed by atoms with Crippen molar-refractivity contribution < 1.29 is 19.1 Å². The fourth-order valence-electron chi connectivity index (χ4n) is 5.43. The largest absolute Gasteiger partial charge is 0.465 e. The van der Waals surface area contributed by atoms with Gasteiger partial charge < -0.3 is 14.4 Å². The highest BCUT2D eigenvalue weighted by Crippen LogP contribution is 2.33. The Kier molecular flexibility index (Phi) is 7.36. The second kappa shape index (κ2) is 10.8. The molecule has 5 rings (SSSR count). The third-order valence-electron chi connectivity index (χ3n) is 7.14. The number of piperidine rings is 1. The van der Waals surface area contributed by atoms with Gasteiger partial charge >= 0.3 is 12.1 Å². The minimum Gasteiger partial charge on any atom is -0.465 e. The van der Waals surface area contributed by atoms with Crippen LogP contribution in [0.5, 0.6) is 0 Å². The highest BCUT2D eigenvalue weighted by molar-refractivity contribution is 5.92. The van der Waals surface area contributed by atoms with E-state index in [1.807, 2.05) is 49.7 Å². The number of carbonyl (C=O) groups is 2. The van der Waals surface area contributed by atoms with Crippen LogP contribution < -0.4 is 0 Å². The third-order valence-corrected chi connectivity index (χ3v) is 7.14. The molecule has 8 heteroatoms. The zero-order valence-corrected chi connectivity index (χ0v) is 24.0. The van der Waals surface area contributed by atoms with Gasteiger partial charge in [0, 0.05) is 36.5 Å². The molecule has 1 atom stereocenters. The van der Waals surface area contributed by atoms with Crippen LogP contribution >= 0.6 is 0 Å². The van der Waals surface area contributed by atoms with Crippen molar-refractivity contribution in [1.82, 2.24) is 19.4 Å². The van der Waals surface area contributed by atoms with Gasteiger partial charge in [-0.2, -0.15) is 0 Å². The predicted octanol–water partition coefficient (Wildman–Crippen LogP) is 6.61. The summed E-state index contributed by atoms with van der Waals surface area (Å²) in [6.45, 7) is 10.8. The van der Waals surface area contributed by atoms with Gasteiger partial charge in [-0.3, -0.25) is 9.55 Å². The molecule has 0 N–H and O–H groups in total. The summed E-state index contributed by atoms with van der Waals surface area (Å²) in [5, 5.41) is 0. The Hall–Kier alpha value is -4.20. The average Bonchev–Trinajstić information content (AvgIpc) is 3.34. The number of fused-ring (bicyclic) bond motifs is 1. The number of carbonyl (C=O) groups excluding carboxylic acids is 2. The highest BCUT2D eigenvalue weighted by atomic mass is 16.6. The van der Waals surface area contributed by atoms with E-state index in [9.17, 15) is 9.59 Å². The maximum Gasteiger partial charge on any atom is 0.410 e. The van der Waals surface area contributed by atoms with Gasteiger partial charge in [-0.25, -0.2) is 14.6 Å². The molecule has 2 aromatic carbocycles. The first-order valence-corrected chi connectivity index (χ1v) is 13.7. The molecule has 0 spiro atoms. The van der Waals surface area contributed by atoms with Crippen molar-refractivity contribution in [3.8, 4) is 16.9 Å². The SMILES string of the molecule is COC(=O)c1ccc(-n2ccc3ncc(-c4cc(C)cc(C)c4)nc32)cc1C1CCCN(C(=O)OC(C)(C)C)C1. The van der Waals surface area contributed by atoms with Crippen molar-refractivity contribution in [2.75, 3.05) is 20.2 Å². The number of hydrogen-bond acceptors (Lipinski definition) is 6. The van der Waals surface area contributed by atoms with Crippen LogP contribution in [0.2, 0.25) is 0 Å². The lowest BCUT2D eigenvalue weighted by molar-refractivity contribution is 0.0198. The lowest BCUT2D eigenvalue weighted by Crippen LogP contribution is -2.42. The van der Waals surface area contributed by atoms with Gasteiger partial charge in [0.25, 0.3) is 0 Å². The summed E-state index contributed by atoms with van der Waals surface area (Å²) in [7, 11) is 1.39. The number of amides is 1. The van der Waals surface area contributed by atoms with Gasteiger partial charge in [0.05, 0.1) is 24.6 Å². The first kappa shape index (κ1) is 27.4. The van der Waals surface area contributed by atoms with Crippen LogP contribution in [0.4, 0.5) is 4.79 Å². The fourth-order valence-corrected chi connectivity index (χ4v) is 5.43. The molecule has 1 fully saturated rings. The van der Waals surface area contributed by atoms with Gasteiger partial charge in [0.2, 0.25) is 0 Å². The maximum absolute atomic E-state index is 12.8. The summed E-state index contributed by atoms with van der Waals surface area (Å²) in [6, 6.07) is 14.0. The number of ether oxygens (including phenoxy) is 2. The van der Waals surface area contributed by atoms with Gasteiger partial charge in [0.15, 0.2) is 5.65 Å². The van der Waals surface area contributed by atoms with E-state index in [-0.39, 0.29) is 12.0 Å². The number of rotatable bonds is 4. The van der Waals surface area contributed by atoms with Gasteiger partial charge in [-0.15, -0.1) is 0 Å². The Balaban J connectivity index is 1.54. The van der Waals surface area contributed by atoms with E-state index in [1.165, 1.54) is 18.2 Å². The van der Waals surface area contributed by atoms with E-state index in [0.29, 0.717) is 18.7 Å². The smallest absolute Gasteiger partial charge is 0.410 e. The second-order valence-electron chi connectivity index (χ2n) is 11.6. The van der Waals surface area contributed by atoms with Crippen molar-refractivity contribution in [2.24, 2.45) is 0 Å². The van der Waals surface area contributed by atoms with Crippen LogP contribution in [0.15, 0.2) is 54.9 Å². The summed E-state index contributed by atoms with van der Waals surface area (Å²) < 4.78 is 12.7. The number of benzene rings is 2. The van der Waals surface area contributed by atoms with E-state index in [2.05, 4.69) is 37.0 Å². The Morgan fingerprint density at radius 2 is 1.77 bits per heavy atom. The number of aromatic nitrogens is 3. The quantitative estimate of drug-likeness (QED) is 0.271. The Morgan fingerprint density at radius 1 is 1.02 bits per heavy atom. The van der Waals surface area contributed by atoms with Crippen molar-refractivity contribution in [3.63, 3.8) is 0 Å². The summed E-state index contributed by atoms with van der Waals surface area (Å²) in [4.78, 5) is 37.0. The molecule has 1 aliphatic rings. The van der Waals surface area contributed by atoms with Gasteiger partial charge in [-0.1, -0.05) is 17.2 Å². The van der Waals surface area contributed by atoms with Gasteiger partial charge in [0.1, 0.15) is 11.1 Å². The standard InChI is InChI=1S/C32H36N4O4/c1-20-14-21(2)16-23(15-20)28-18-33-27-11-13-36(29(27)34-28)24-9-10-25(30(37)39-6)26(17-24)22-8-7-12-35(19-22)31(38)40-32(3,4)5/h9-11,13-18,22H,7-8,12,19H2,1-6H3. The van der Waals surface area contributed by atoms with Crippen LogP contribution in [0.1, 0.15) is 66.6 Å². The van der Waals surface area contributed by atoms with Crippen LogP contribution in [0, 0.1) is 13.8 Å². The van der Waals surface area contributed by atoms with E-state index < -0.39 is 11.6 Å². The van der Waals surface area contributed by atoms with Crippen LogP contribution in [0.3, 0.4) is 0 Å². The Labute approximate surface area is 234 Å². The van der Waals surface area contributed by atoms with Crippen molar-refractivity contribution in [1.29, 1.82) is 0 Å². The van der Waals surface area contributed by atoms with E-state index in [1.54, 1.807) is 17.2 Å². The lowest BCUT2D eigenvalue weighted by atomic mass is 9.87. The van der Waals surface area contributed by atoms with Gasteiger partial charge in [-0.05, 0) is 89.4 Å². The molecule has 0 aliphatic carbocycles. The van der Waals surface area contributed by atoms with E-state index >= 15 is 0 Å². The number of aryl methyl sites for hydroxylation is 2. The molecule has 0 bridgehead atoms. The molecule has 0 radical (unpaired) electrons.